The van der Waals surface area contributed by atoms with Gasteiger partial charge in [-0.15, -0.1) is 0 Å². The van der Waals surface area contributed by atoms with Crippen molar-refractivity contribution in [1.82, 2.24) is 0 Å². The van der Waals surface area contributed by atoms with Gasteiger partial charge in [0.25, 0.3) is 0 Å². The van der Waals surface area contributed by atoms with Crippen LogP contribution in [-0.2, 0) is 0 Å². The molecule has 0 spiro atoms. The molecule has 0 N–H and O–H groups in total. The lowest BCUT2D eigenvalue weighted by atomic mass is 10.1. The Bertz CT molecular complexity index is 132. The van der Waals surface area contributed by atoms with Gasteiger partial charge in [0.2, 0.25) is 0 Å². The second kappa shape index (κ2) is 1.84. The number of rotatable bonds is 0. The zero-order valence-electron chi connectivity index (χ0n) is 4.44. The minimum atomic E-state index is 0.588. The first kappa shape index (κ1) is 4.46. The summed E-state index contributed by atoms with van der Waals surface area (Å²) in [6, 6.07) is 0. The lowest BCUT2D eigenvalue weighted by Crippen LogP contribution is -1.88. The molecule has 0 nitrogen and oxygen atoms in total. The topological polar surface area (TPSA) is 0 Å². The summed E-state index contributed by atoms with van der Waals surface area (Å²) >= 11 is 0. The van der Waals surface area contributed by atoms with Gasteiger partial charge >= 0.3 is 0 Å². The molecule has 0 aliphatic heterocycles. The average molecular weight is 92.1 g/mol. The van der Waals surface area contributed by atoms with E-state index >= 15 is 0 Å². The molecule has 1 aliphatic rings. The van der Waals surface area contributed by atoms with Crippen LogP contribution in [0.5, 0.6) is 0 Å². The van der Waals surface area contributed by atoms with Crippen LogP contribution in [0.15, 0.2) is 12.2 Å². The van der Waals surface area contributed by atoms with Crippen LogP contribution < -0.4 is 0 Å². The van der Waals surface area contributed by atoms with E-state index in [0.29, 0.717) is 5.92 Å². The normalized spacial score (nSPS) is 26.1. The molecule has 36 valence electrons. The van der Waals surface area contributed by atoms with Gasteiger partial charge in [-0.2, -0.15) is 0 Å². The predicted octanol–water partition coefficient (Wildman–Crippen LogP) is 1.59. The van der Waals surface area contributed by atoms with Crippen molar-refractivity contribution in [2.75, 3.05) is 0 Å². The third-order valence-corrected chi connectivity index (χ3v) is 1.02. The van der Waals surface area contributed by atoms with E-state index in [9.17, 15) is 0 Å². The summed E-state index contributed by atoms with van der Waals surface area (Å²) in [5.74, 6) is 6.54. The van der Waals surface area contributed by atoms with Crippen LogP contribution >= 0.6 is 0 Å². The molecule has 1 atom stereocenters. The first-order valence-electron chi connectivity index (χ1n) is 2.55. The SMILES string of the molecule is CC1C#CC=CC1. The van der Waals surface area contributed by atoms with Crippen LogP contribution in [-0.4, -0.2) is 0 Å². The van der Waals surface area contributed by atoms with Crippen LogP contribution in [0.3, 0.4) is 0 Å². The van der Waals surface area contributed by atoms with E-state index in [1.54, 1.807) is 0 Å². The van der Waals surface area contributed by atoms with Gasteiger partial charge in [-0.1, -0.05) is 24.8 Å². The maximum Gasteiger partial charge on any atom is 0.0212 e. The average Bonchev–Trinajstić information content (AvgIpc) is 1.69. The summed E-state index contributed by atoms with van der Waals surface area (Å²) in [5.41, 5.74) is 0. The van der Waals surface area contributed by atoms with Gasteiger partial charge in [-0.05, 0) is 12.5 Å². The van der Waals surface area contributed by atoms with Crippen molar-refractivity contribution in [2.24, 2.45) is 5.92 Å². The molecule has 1 unspecified atom stereocenters. The minimum Gasteiger partial charge on any atom is -0.0951 e. The van der Waals surface area contributed by atoms with Crippen molar-refractivity contribution < 1.29 is 0 Å². The van der Waals surface area contributed by atoms with E-state index in [1.165, 1.54) is 0 Å². The molecule has 0 aromatic carbocycles. The minimum absolute atomic E-state index is 0.588. The second-order valence-corrected chi connectivity index (χ2v) is 1.83. The Balaban J connectivity index is 2.59. The summed E-state index contributed by atoms with van der Waals surface area (Å²) in [4.78, 5) is 0. The van der Waals surface area contributed by atoms with Crippen molar-refractivity contribution in [3.63, 3.8) is 0 Å². The monoisotopic (exact) mass is 92.1 g/mol. The van der Waals surface area contributed by atoms with Crippen LogP contribution in [0.1, 0.15) is 13.3 Å². The lowest BCUT2D eigenvalue weighted by molar-refractivity contribution is 0.768. The summed E-state index contributed by atoms with van der Waals surface area (Å²) in [7, 11) is 0. The molecule has 0 saturated carbocycles. The predicted molar refractivity (Wildman–Crippen MR) is 30.7 cm³/mol. The molecular weight excluding hydrogens is 84.1 g/mol. The van der Waals surface area contributed by atoms with Crippen LogP contribution in [0.4, 0.5) is 0 Å². The molecule has 0 aromatic rings. The fourth-order valence-electron chi connectivity index (χ4n) is 0.580. The highest BCUT2D eigenvalue weighted by atomic mass is 14.0. The summed E-state index contributed by atoms with van der Waals surface area (Å²) < 4.78 is 0. The van der Waals surface area contributed by atoms with Crippen molar-refractivity contribution in [1.29, 1.82) is 0 Å². The largest absolute Gasteiger partial charge is 0.0951 e. The first-order valence-corrected chi connectivity index (χ1v) is 2.55. The quantitative estimate of drug-likeness (QED) is 0.398. The summed E-state index contributed by atoms with van der Waals surface area (Å²) in [6.07, 6.45) is 5.16. The van der Waals surface area contributed by atoms with Crippen LogP contribution in [0, 0.1) is 17.8 Å². The molecular formula is C7H8. The van der Waals surface area contributed by atoms with E-state index in [0.717, 1.165) is 6.42 Å². The van der Waals surface area contributed by atoms with Gasteiger partial charge < -0.3 is 0 Å². The highest BCUT2D eigenvalue weighted by Crippen LogP contribution is 2.02. The highest BCUT2D eigenvalue weighted by molar-refractivity contribution is 5.21. The smallest absolute Gasteiger partial charge is 0.0212 e. The van der Waals surface area contributed by atoms with Crippen LogP contribution in [0.2, 0.25) is 0 Å². The van der Waals surface area contributed by atoms with Gasteiger partial charge in [-0.25, -0.2) is 0 Å². The molecule has 1 aliphatic carbocycles. The Morgan fingerprint density at radius 2 is 2.57 bits per heavy atom. The second-order valence-electron chi connectivity index (χ2n) is 1.83. The fourth-order valence-corrected chi connectivity index (χ4v) is 0.580. The Morgan fingerprint density at radius 1 is 1.71 bits per heavy atom. The third-order valence-electron chi connectivity index (χ3n) is 1.02. The van der Waals surface area contributed by atoms with Gasteiger partial charge in [0, 0.05) is 5.92 Å². The lowest BCUT2D eigenvalue weighted by Gasteiger charge is -1.97. The van der Waals surface area contributed by atoms with Gasteiger partial charge in [-0.3, -0.25) is 0 Å². The third kappa shape index (κ3) is 1.08. The molecule has 0 saturated heterocycles. The molecule has 0 heteroatoms. The zero-order valence-corrected chi connectivity index (χ0v) is 4.44. The van der Waals surface area contributed by atoms with E-state index < -0.39 is 0 Å². The Labute approximate surface area is 44.2 Å². The maximum absolute atomic E-state index is 3.05. The fraction of sp³-hybridized carbons (Fsp3) is 0.429. The molecule has 0 bridgehead atoms. The Hall–Kier alpha value is -0.700. The van der Waals surface area contributed by atoms with Crippen molar-refractivity contribution >= 4 is 0 Å². The number of hydrogen-bond donors (Lipinski definition) is 0. The molecule has 0 heterocycles. The van der Waals surface area contributed by atoms with Crippen molar-refractivity contribution in [3.8, 4) is 11.8 Å². The number of allylic oxidation sites excluding steroid dienone is 2. The zero-order chi connectivity index (χ0) is 5.11. The first-order chi connectivity index (χ1) is 3.39. The Morgan fingerprint density at radius 3 is 2.86 bits per heavy atom. The Kier molecular flexibility index (Phi) is 1.17. The van der Waals surface area contributed by atoms with E-state index in [1.807, 2.05) is 6.08 Å². The van der Waals surface area contributed by atoms with Gasteiger partial charge in [0.1, 0.15) is 0 Å². The molecule has 0 fully saturated rings. The molecule has 0 aromatic heterocycles. The van der Waals surface area contributed by atoms with Crippen molar-refractivity contribution in [3.05, 3.63) is 12.2 Å². The van der Waals surface area contributed by atoms with E-state index in [-0.39, 0.29) is 0 Å². The van der Waals surface area contributed by atoms with Gasteiger partial charge in [0.15, 0.2) is 0 Å². The molecule has 7 heavy (non-hydrogen) atoms. The number of hydrogen-bond acceptors (Lipinski definition) is 0. The molecule has 0 amide bonds. The molecule has 1 rings (SSSR count). The summed E-state index contributed by atoms with van der Waals surface area (Å²) in [5, 5.41) is 0. The molecule has 0 radical (unpaired) electrons. The van der Waals surface area contributed by atoms with Gasteiger partial charge in [0.05, 0.1) is 0 Å². The van der Waals surface area contributed by atoms with E-state index in [2.05, 4.69) is 24.8 Å². The maximum atomic E-state index is 3.05. The summed E-state index contributed by atoms with van der Waals surface area (Å²) in [6.45, 7) is 2.14. The van der Waals surface area contributed by atoms with Crippen molar-refractivity contribution in [2.45, 2.75) is 13.3 Å². The van der Waals surface area contributed by atoms with Crippen LogP contribution in [0.25, 0.3) is 0 Å². The standard InChI is InChI=1S/C7H8/c1-7-5-3-2-4-6-7/h2-3,7H,5H2,1H3. The highest BCUT2D eigenvalue weighted by Gasteiger charge is 1.92. The van der Waals surface area contributed by atoms with E-state index in [4.69, 9.17) is 0 Å².